The summed E-state index contributed by atoms with van der Waals surface area (Å²) in [5, 5.41) is 14.8. The van der Waals surface area contributed by atoms with Crippen molar-refractivity contribution in [1.29, 1.82) is 0 Å². The van der Waals surface area contributed by atoms with Crippen molar-refractivity contribution in [2.24, 2.45) is 0 Å². The quantitative estimate of drug-likeness (QED) is 0.142. The summed E-state index contributed by atoms with van der Waals surface area (Å²) in [6.45, 7) is 8.20. The minimum absolute atomic E-state index is 0.00763. The molecule has 4 N–H and O–H groups in total. The first-order valence-corrected chi connectivity index (χ1v) is 18.1. The third-order valence-electron chi connectivity index (χ3n) is 9.49. The third-order valence-corrected chi connectivity index (χ3v) is 10.6. The summed E-state index contributed by atoms with van der Waals surface area (Å²) in [5.41, 5.74) is 2.70. The number of hydrogen-bond acceptors (Lipinski definition) is 7. The number of aryl methyl sites for hydroxylation is 1. The number of carbonyl (C=O) groups excluding carboxylic acids is 2. The molecule has 1 saturated carbocycles. The van der Waals surface area contributed by atoms with Crippen LogP contribution in [-0.2, 0) is 22.6 Å². The molecule has 4 aromatic rings. The maximum atomic E-state index is 14.0. The highest BCUT2D eigenvalue weighted by Gasteiger charge is 2.43. The van der Waals surface area contributed by atoms with Gasteiger partial charge in [-0.05, 0) is 74.2 Å². The number of nitrogens with zero attached hydrogens (tertiary/aromatic N) is 3. The fraction of sp³-hybridized carbons (Fsp3) is 0.459. The summed E-state index contributed by atoms with van der Waals surface area (Å²) in [7, 11) is 0. The van der Waals surface area contributed by atoms with Gasteiger partial charge in [0.05, 0.1) is 11.2 Å². The molecule has 0 unspecified atom stereocenters. The van der Waals surface area contributed by atoms with Crippen LogP contribution >= 0.6 is 11.3 Å². The molecule has 2 aromatic heterocycles. The normalized spacial score (nSPS) is 17.0. The van der Waals surface area contributed by atoms with E-state index in [1.807, 2.05) is 18.3 Å². The van der Waals surface area contributed by atoms with Crippen molar-refractivity contribution in [3.8, 4) is 0 Å². The van der Waals surface area contributed by atoms with Crippen LogP contribution in [0.15, 0.2) is 67.1 Å². The van der Waals surface area contributed by atoms with Gasteiger partial charge in [-0.1, -0.05) is 55.3 Å². The molecule has 10 nitrogen and oxygen atoms in total. The number of amides is 2. The number of nitrogens with one attached hydrogen (secondary N) is 3. The van der Waals surface area contributed by atoms with Crippen molar-refractivity contribution in [2.45, 2.75) is 76.2 Å². The average Bonchev–Trinajstić information content (AvgIpc) is 3.88. The van der Waals surface area contributed by atoms with Crippen molar-refractivity contribution >= 4 is 39.2 Å². The highest BCUT2D eigenvalue weighted by atomic mass is 32.1. The summed E-state index contributed by atoms with van der Waals surface area (Å²) in [6.07, 6.45) is 4.48. The van der Waals surface area contributed by atoms with Crippen molar-refractivity contribution < 1.29 is 32.7 Å². The third kappa shape index (κ3) is 10.9. The van der Waals surface area contributed by atoms with Crippen LogP contribution < -0.4 is 10.6 Å². The van der Waals surface area contributed by atoms with Crippen LogP contribution in [0, 0.1) is 6.92 Å². The number of carboxylic acids is 1. The second-order valence-electron chi connectivity index (χ2n) is 13.4. The van der Waals surface area contributed by atoms with Gasteiger partial charge >= 0.3 is 12.1 Å². The Balaban J connectivity index is 0.000000654. The van der Waals surface area contributed by atoms with Gasteiger partial charge in [0, 0.05) is 55.4 Å². The van der Waals surface area contributed by atoms with Gasteiger partial charge in [0.2, 0.25) is 5.91 Å². The largest absolute Gasteiger partial charge is 0.490 e. The van der Waals surface area contributed by atoms with Crippen LogP contribution in [0.4, 0.5) is 13.2 Å². The molecule has 2 aromatic carbocycles. The topological polar surface area (TPSA) is 131 Å². The summed E-state index contributed by atoms with van der Waals surface area (Å²) in [6, 6.07) is 18.6. The Kier molecular flexibility index (Phi) is 12.9. The molecule has 1 saturated heterocycles. The average molecular weight is 727 g/mol. The van der Waals surface area contributed by atoms with Gasteiger partial charge in [-0.25, -0.2) is 9.78 Å². The second kappa shape index (κ2) is 17.3. The Hall–Kier alpha value is -4.27. The van der Waals surface area contributed by atoms with E-state index in [0.717, 1.165) is 87.2 Å². The Bertz CT molecular complexity index is 1730. The number of benzene rings is 2. The second-order valence-corrected chi connectivity index (χ2v) is 14.5. The Morgan fingerprint density at radius 2 is 1.71 bits per heavy atom. The zero-order valence-corrected chi connectivity index (χ0v) is 29.5. The predicted molar refractivity (Wildman–Crippen MR) is 191 cm³/mol. The number of hydrogen-bond donors (Lipinski definition) is 4. The molecule has 1 aliphatic heterocycles. The molecule has 14 heteroatoms. The standard InChI is InChI=1S/C35H44N6O2S.C2HF3O2/c1-26-11-12-28-22-32(44-31(28)20-26)33(42)39-35(13-5-6-14-35)34(43)38-29(21-27-8-3-2-4-9-27)10-7-15-40-16-18-41(19-17-40)24-30-23-36-25-37-30;3-2(4,5)1(6)7/h2-4,8-9,11-12,20,22-23,25,29H,5-7,10,13-19,21,24H2,1H3,(H,36,37)(H,38,43)(H,39,42);(H,6,7)/t29-;/m0./s1. The zero-order valence-electron chi connectivity index (χ0n) is 28.7. The number of piperazine rings is 1. The molecule has 0 bridgehead atoms. The number of carboxylic acid groups (broad SMARTS) is 1. The van der Waals surface area contributed by atoms with E-state index in [9.17, 15) is 22.8 Å². The molecule has 6 rings (SSSR count). The number of aliphatic carboxylic acids is 1. The SMILES string of the molecule is Cc1ccc2cc(C(=O)NC3(C(=O)N[C@@H](CCCN4CCN(Cc5cnc[nH]5)CC4)Cc4ccccc4)CCCC3)sc2c1.O=C(O)C(F)(F)F. The van der Waals surface area contributed by atoms with E-state index in [-0.39, 0.29) is 17.9 Å². The summed E-state index contributed by atoms with van der Waals surface area (Å²) in [5.74, 6) is -2.94. The van der Waals surface area contributed by atoms with Crippen LogP contribution in [0.5, 0.6) is 0 Å². The van der Waals surface area contributed by atoms with E-state index < -0.39 is 17.7 Å². The molecule has 2 fully saturated rings. The Morgan fingerprint density at radius 1 is 1.02 bits per heavy atom. The highest BCUT2D eigenvalue weighted by molar-refractivity contribution is 7.20. The monoisotopic (exact) mass is 726 g/mol. The number of alkyl halides is 3. The fourth-order valence-electron chi connectivity index (χ4n) is 6.71. The lowest BCUT2D eigenvalue weighted by atomic mass is 9.94. The Labute approximate surface area is 299 Å². The molecule has 2 aliphatic rings. The number of thiophene rings is 1. The van der Waals surface area contributed by atoms with E-state index >= 15 is 0 Å². The lowest BCUT2D eigenvalue weighted by molar-refractivity contribution is -0.192. The van der Waals surface area contributed by atoms with Crippen molar-refractivity contribution in [3.63, 3.8) is 0 Å². The maximum Gasteiger partial charge on any atom is 0.490 e. The molecule has 1 aliphatic carbocycles. The molecule has 2 amide bonds. The molecule has 1 atom stereocenters. The molecular formula is C37H45F3N6O4S. The molecular weight excluding hydrogens is 682 g/mol. The zero-order chi connectivity index (χ0) is 36.4. The lowest BCUT2D eigenvalue weighted by Crippen LogP contribution is -2.59. The predicted octanol–water partition coefficient (Wildman–Crippen LogP) is 5.93. The lowest BCUT2D eigenvalue weighted by Gasteiger charge is -2.35. The number of aromatic amines is 1. The minimum Gasteiger partial charge on any atom is -0.475 e. The highest BCUT2D eigenvalue weighted by Crippen LogP contribution is 2.32. The van der Waals surface area contributed by atoms with E-state index in [2.05, 4.69) is 79.8 Å². The van der Waals surface area contributed by atoms with Gasteiger partial charge in [0.1, 0.15) is 5.54 Å². The smallest absolute Gasteiger partial charge is 0.475 e. The van der Waals surface area contributed by atoms with E-state index in [0.29, 0.717) is 17.7 Å². The van der Waals surface area contributed by atoms with Crippen molar-refractivity contribution in [3.05, 3.63) is 88.8 Å². The number of rotatable bonds is 12. The molecule has 0 radical (unpaired) electrons. The van der Waals surface area contributed by atoms with Crippen LogP contribution in [0.1, 0.15) is 65.0 Å². The number of fused-ring (bicyclic) bond motifs is 1. The first kappa shape index (κ1) is 38.0. The first-order chi connectivity index (χ1) is 24.4. The van der Waals surface area contributed by atoms with Gasteiger partial charge in [-0.2, -0.15) is 13.2 Å². The van der Waals surface area contributed by atoms with Gasteiger partial charge in [0.15, 0.2) is 0 Å². The van der Waals surface area contributed by atoms with Gasteiger partial charge in [-0.3, -0.25) is 14.5 Å². The van der Waals surface area contributed by atoms with Crippen molar-refractivity contribution in [2.75, 3.05) is 32.7 Å². The van der Waals surface area contributed by atoms with E-state index in [4.69, 9.17) is 9.90 Å². The number of aromatic nitrogens is 2. The fourth-order valence-corrected chi connectivity index (χ4v) is 7.76. The van der Waals surface area contributed by atoms with E-state index in [1.165, 1.54) is 22.5 Å². The number of H-pyrrole nitrogens is 1. The van der Waals surface area contributed by atoms with Crippen LogP contribution in [-0.4, -0.2) is 93.1 Å². The van der Waals surface area contributed by atoms with Gasteiger partial charge < -0.3 is 25.6 Å². The maximum absolute atomic E-state index is 14.0. The molecule has 274 valence electrons. The molecule has 51 heavy (non-hydrogen) atoms. The summed E-state index contributed by atoms with van der Waals surface area (Å²) in [4.78, 5) is 49.4. The number of halogens is 3. The van der Waals surface area contributed by atoms with Crippen LogP contribution in [0.25, 0.3) is 10.1 Å². The van der Waals surface area contributed by atoms with Crippen LogP contribution in [0.2, 0.25) is 0 Å². The molecule has 0 spiro atoms. The van der Waals surface area contributed by atoms with Crippen molar-refractivity contribution in [1.82, 2.24) is 30.4 Å². The number of carbonyl (C=O) groups is 3. The van der Waals surface area contributed by atoms with Gasteiger partial charge in [0.25, 0.3) is 5.91 Å². The molecule has 3 heterocycles. The number of imidazole rings is 1. The van der Waals surface area contributed by atoms with E-state index in [1.54, 1.807) is 6.33 Å². The minimum atomic E-state index is -5.08. The summed E-state index contributed by atoms with van der Waals surface area (Å²) >= 11 is 1.50. The van der Waals surface area contributed by atoms with Crippen LogP contribution in [0.3, 0.4) is 0 Å². The summed E-state index contributed by atoms with van der Waals surface area (Å²) < 4.78 is 32.8. The Morgan fingerprint density at radius 3 is 2.35 bits per heavy atom. The van der Waals surface area contributed by atoms with Gasteiger partial charge in [-0.15, -0.1) is 11.3 Å². The first-order valence-electron chi connectivity index (χ1n) is 17.3.